The standard InChI is InChI=1S/C30H46N4O6/c1-5-6-7-8-9-10-11-12-14-22-17-19-23(20-18-22)27-33-25(40-34-27)21-31-28(37)24(15-13-16-26(35)36)32-29(38)39-30(2,3)4/h17-20,24H,5-16,21H2,1-4H3,(H,31,37)(H,32,38)(H,35,36). The van der Waals surface area contributed by atoms with E-state index >= 15 is 0 Å². The van der Waals surface area contributed by atoms with E-state index in [2.05, 4.69) is 39.8 Å². The Morgan fingerprint density at radius 3 is 2.25 bits per heavy atom. The first-order valence-corrected chi connectivity index (χ1v) is 14.5. The maximum absolute atomic E-state index is 12.8. The summed E-state index contributed by atoms with van der Waals surface area (Å²) in [7, 11) is 0. The van der Waals surface area contributed by atoms with Crippen molar-refractivity contribution in [2.45, 2.75) is 123 Å². The van der Waals surface area contributed by atoms with Crippen molar-refractivity contribution in [1.29, 1.82) is 0 Å². The molecule has 0 aliphatic rings. The summed E-state index contributed by atoms with van der Waals surface area (Å²) in [5.74, 6) is -0.835. The van der Waals surface area contributed by atoms with Gasteiger partial charge in [0.1, 0.15) is 11.6 Å². The van der Waals surface area contributed by atoms with Gasteiger partial charge in [0, 0.05) is 12.0 Å². The van der Waals surface area contributed by atoms with Crippen LogP contribution in [0, 0.1) is 0 Å². The van der Waals surface area contributed by atoms with E-state index < -0.39 is 29.6 Å². The lowest BCUT2D eigenvalue weighted by Crippen LogP contribution is -2.48. The molecule has 0 aliphatic carbocycles. The number of aromatic nitrogens is 2. The Kier molecular flexibility index (Phi) is 14.2. The normalized spacial score (nSPS) is 12.1. The van der Waals surface area contributed by atoms with E-state index in [-0.39, 0.29) is 31.7 Å². The second-order valence-electron chi connectivity index (χ2n) is 11.1. The average molecular weight is 559 g/mol. The van der Waals surface area contributed by atoms with Crippen LogP contribution in [0.1, 0.15) is 110 Å². The highest BCUT2D eigenvalue weighted by atomic mass is 16.6. The maximum Gasteiger partial charge on any atom is 0.408 e. The molecule has 1 aromatic heterocycles. The van der Waals surface area contributed by atoms with Gasteiger partial charge in [-0.15, -0.1) is 0 Å². The van der Waals surface area contributed by atoms with Crippen molar-refractivity contribution in [1.82, 2.24) is 20.8 Å². The number of hydrogen-bond donors (Lipinski definition) is 3. The highest BCUT2D eigenvalue weighted by molar-refractivity contribution is 5.85. The summed E-state index contributed by atoms with van der Waals surface area (Å²) >= 11 is 0. The van der Waals surface area contributed by atoms with E-state index in [4.69, 9.17) is 14.4 Å². The summed E-state index contributed by atoms with van der Waals surface area (Å²) in [6, 6.07) is 7.13. The molecule has 0 bridgehead atoms. The smallest absolute Gasteiger partial charge is 0.408 e. The Bertz CT molecular complexity index is 1050. The van der Waals surface area contributed by atoms with Gasteiger partial charge in [0.05, 0.1) is 6.54 Å². The molecule has 222 valence electrons. The molecule has 1 atom stereocenters. The number of nitrogens with one attached hydrogen (secondary N) is 2. The molecule has 2 aromatic rings. The quantitative estimate of drug-likeness (QED) is 0.184. The maximum atomic E-state index is 12.8. The molecule has 40 heavy (non-hydrogen) atoms. The number of carbonyl (C=O) groups is 3. The lowest BCUT2D eigenvalue weighted by atomic mass is 10.0. The van der Waals surface area contributed by atoms with E-state index in [0.717, 1.165) is 12.0 Å². The molecule has 0 radical (unpaired) electrons. The Morgan fingerprint density at radius 2 is 1.62 bits per heavy atom. The van der Waals surface area contributed by atoms with Crippen LogP contribution in [-0.4, -0.2) is 44.9 Å². The second kappa shape index (κ2) is 17.3. The van der Waals surface area contributed by atoms with Gasteiger partial charge in [0.2, 0.25) is 17.6 Å². The van der Waals surface area contributed by atoms with Crippen molar-refractivity contribution in [2.24, 2.45) is 0 Å². The van der Waals surface area contributed by atoms with E-state index in [0.29, 0.717) is 5.82 Å². The number of carbonyl (C=O) groups excluding carboxylic acids is 2. The third-order valence-corrected chi connectivity index (χ3v) is 6.30. The van der Waals surface area contributed by atoms with Crippen LogP contribution in [0.25, 0.3) is 11.4 Å². The molecule has 0 spiro atoms. The zero-order chi connectivity index (χ0) is 29.4. The van der Waals surface area contributed by atoms with Crippen LogP contribution < -0.4 is 10.6 Å². The number of unbranched alkanes of at least 4 members (excludes halogenated alkanes) is 7. The van der Waals surface area contributed by atoms with Gasteiger partial charge in [-0.3, -0.25) is 9.59 Å². The van der Waals surface area contributed by atoms with E-state index in [1.807, 2.05) is 12.1 Å². The minimum absolute atomic E-state index is 0.0339. The fourth-order valence-electron chi connectivity index (χ4n) is 4.19. The first kappa shape index (κ1) is 32.8. The van der Waals surface area contributed by atoms with Gasteiger partial charge in [-0.25, -0.2) is 4.79 Å². The van der Waals surface area contributed by atoms with Gasteiger partial charge in [-0.1, -0.05) is 81.3 Å². The van der Waals surface area contributed by atoms with Crippen LogP contribution in [-0.2, 0) is 27.3 Å². The number of aliphatic carboxylic acids is 1. The fourth-order valence-corrected chi connectivity index (χ4v) is 4.19. The molecule has 1 heterocycles. The Hall–Kier alpha value is -3.43. The Labute approximate surface area is 237 Å². The van der Waals surface area contributed by atoms with Crippen LogP contribution >= 0.6 is 0 Å². The van der Waals surface area contributed by atoms with Gasteiger partial charge in [0.15, 0.2) is 0 Å². The summed E-state index contributed by atoms with van der Waals surface area (Å²) < 4.78 is 10.5. The molecule has 10 heteroatoms. The molecular weight excluding hydrogens is 512 g/mol. The second-order valence-corrected chi connectivity index (χ2v) is 11.1. The Morgan fingerprint density at radius 1 is 0.975 bits per heavy atom. The predicted octanol–water partition coefficient (Wildman–Crippen LogP) is 6.18. The number of benzene rings is 1. The van der Waals surface area contributed by atoms with E-state index in [9.17, 15) is 14.4 Å². The third-order valence-electron chi connectivity index (χ3n) is 6.30. The average Bonchev–Trinajstić information content (AvgIpc) is 3.36. The van der Waals surface area contributed by atoms with Gasteiger partial charge in [-0.2, -0.15) is 4.98 Å². The van der Waals surface area contributed by atoms with Crippen LogP contribution in [0.5, 0.6) is 0 Å². The zero-order valence-electron chi connectivity index (χ0n) is 24.5. The summed E-state index contributed by atoms with van der Waals surface area (Å²) in [5.41, 5.74) is 1.36. The van der Waals surface area contributed by atoms with Crippen molar-refractivity contribution in [3.8, 4) is 11.4 Å². The number of aryl methyl sites for hydroxylation is 1. The number of amides is 2. The van der Waals surface area contributed by atoms with Crippen LogP contribution in [0.15, 0.2) is 28.8 Å². The molecule has 3 N–H and O–H groups in total. The van der Waals surface area contributed by atoms with Crippen LogP contribution in [0.2, 0.25) is 0 Å². The highest BCUT2D eigenvalue weighted by Gasteiger charge is 2.25. The van der Waals surface area contributed by atoms with Crippen molar-refractivity contribution in [3.63, 3.8) is 0 Å². The number of hydrogen-bond acceptors (Lipinski definition) is 7. The number of alkyl carbamates (subject to hydrolysis) is 1. The summed E-state index contributed by atoms with van der Waals surface area (Å²) in [4.78, 5) is 40.2. The van der Waals surface area contributed by atoms with Crippen molar-refractivity contribution in [3.05, 3.63) is 35.7 Å². The fraction of sp³-hybridized carbons (Fsp3) is 0.633. The summed E-state index contributed by atoms with van der Waals surface area (Å²) in [6.45, 7) is 7.34. The SMILES string of the molecule is CCCCCCCCCCc1ccc(-c2noc(CNC(=O)C(CCCC(=O)O)NC(=O)OC(C)(C)C)n2)cc1. The molecule has 0 saturated carbocycles. The van der Waals surface area contributed by atoms with Crippen molar-refractivity contribution >= 4 is 18.0 Å². The van der Waals surface area contributed by atoms with Crippen LogP contribution in [0.3, 0.4) is 0 Å². The predicted molar refractivity (Wildman–Crippen MR) is 153 cm³/mol. The molecule has 0 fully saturated rings. The first-order valence-electron chi connectivity index (χ1n) is 14.5. The minimum Gasteiger partial charge on any atom is -0.481 e. The van der Waals surface area contributed by atoms with Crippen molar-refractivity contribution in [2.75, 3.05) is 0 Å². The number of carboxylic acids is 1. The molecule has 1 aromatic carbocycles. The minimum atomic E-state index is -0.976. The highest BCUT2D eigenvalue weighted by Crippen LogP contribution is 2.18. The number of carboxylic acid groups (broad SMARTS) is 1. The first-order chi connectivity index (χ1) is 19.1. The lowest BCUT2D eigenvalue weighted by molar-refractivity contribution is -0.137. The van der Waals surface area contributed by atoms with Gasteiger partial charge >= 0.3 is 12.1 Å². The van der Waals surface area contributed by atoms with E-state index in [1.54, 1.807) is 20.8 Å². The molecule has 10 nitrogen and oxygen atoms in total. The van der Waals surface area contributed by atoms with Gasteiger partial charge in [-0.05, 0) is 52.0 Å². The largest absolute Gasteiger partial charge is 0.481 e. The number of nitrogens with zero attached hydrogens (tertiary/aromatic N) is 2. The molecule has 0 aliphatic heterocycles. The summed E-state index contributed by atoms with van der Waals surface area (Å²) in [6.07, 6.45) is 10.9. The molecule has 1 unspecified atom stereocenters. The lowest BCUT2D eigenvalue weighted by Gasteiger charge is -2.23. The topological polar surface area (TPSA) is 144 Å². The molecule has 2 rings (SSSR count). The molecule has 2 amide bonds. The number of ether oxygens (including phenoxy) is 1. The third kappa shape index (κ3) is 13.6. The molecular formula is C30H46N4O6. The van der Waals surface area contributed by atoms with Gasteiger partial charge < -0.3 is 25.0 Å². The monoisotopic (exact) mass is 558 g/mol. The molecule has 0 saturated heterocycles. The van der Waals surface area contributed by atoms with Crippen LogP contribution in [0.4, 0.5) is 4.79 Å². The van der Waals surface area contributed by atoms with E-state index in [1.165, 1.54) is 56.9 Å². The Balaban J connectivity index is 1.83. The number of rotatable bonds is 18. The van der Waals surface area contributed by atoms with Gasteiger partial charge in [0.25, 0.3) is 0 Å². The summed E-state index contributed by atoms with van der Waals surface area (Å²) in [5, 5.41) is 18.1. The van der Waals surface area contributed by atoms with Crippen molar-refractivity contribution < 1.29 is 28.8 Å². The zero-order valence-corrected chi connectivity index (χ0v) is 24.5.